The van der Waals surface area contributed by atoms with E-state index >= 15 is 0 Å². The van der Waals surface area contributed by atoms with Gasteiger partial charge in [0.2, 0.25) is 0 Å². The molecule has 0 bridgehead atoms. The summed E-state index contributed by atoms with van der Waals surface area (Å²) in [5.74, 6) is -1.10. The van der Waals surface area contributed by atoms with Crippen molar-refractivity contribution in [3.8, 4) is 0 Å². The SMILES string of the molecule is CC[NH+](Cc1ccc(C(=O)[O-])cc1)C1CCCCC1. The summed E-state index contributed by atoms with van der Waals surface area (Å²) in [4.78, 5) is 12.3. The molecule has 3 nitrogen and oxygen atoms in total. The van der Waals surface area contributed by atoms with Crippen molar-refractivity contribution >= 4 is 5.97 Å². The van der Waals surface area contributed by atoms with Gasteiger partial charge >= 0.3 is 0 Å². The minimum atomic E-state index is -1.10. The summed E-state index contributed by atoms with van der Waals surface area (Å²) in [5.41, 5.74) is 1.48. The van der Waals surface area contributed by atoms with Crippen LogP contribution < -0.4 is 10.0 Å². The normalized spacial score (nSPS) is 18.2. The van der Waals surface area contributed by atoms with Gasteiger partial charge in [0.25, 0.3) is 0 Å². The molecule has 0 amide bonds. The second-order valence-electron chi connectivity index (χ2n) is 5.51. The first-order chi connectivity index (χ1) is 9.20. The van der Waals surface area contributed by atoms with Gasteiger partial charge in [-0.1, -0.05) is 30.7 Å². The lowest BCUT2D eigenvalue weighted by atomic mass is 9.94. The number of nitrogens with one attached hydrogen (secondary N) is 1. The maximum atomic E-state index is 10.7. The second kappa shape index (κ2) is 6.71. The van der Waals surface area contributed by atoms with Gasteiger partial charge < -0.3 is 14.8 Å². The highest BCUT2D eigenvalue weighted by Gasteiger charge is 2.23. The number of carbonyl (C=O) groups is 1. The van der Waals surface area contributed by atoms with Crippen molar-refractivity contribution in [2.75, 3.05) is 6.54 Å². The van der Waals surface area contributed by atoms with Gasteiger partial charge in [0.05, 0.1) is 18.6 Å². The molecule has 1 aromatic rings. The van der Waals surface area contributed by atoms with Crippen LogP contribution in [0.4, 0.5) is 0 Å². The van der Waals surface area contributed by atoms with Crippen LogP contribution in [0.3, 0.4) is 0 Å². The number of carbonyl (C=O) groups excluding carboxylic acids is 1. The molecule has 104 valence electrons. The fourth-order valence-corrected chi connectivity index (χ4v) is 3.09. The molecule has 1 unspecified atom stereocenters. The third-order valence-corrected chi connectivity index (χ3v) is 4.26. The van der Waals surface area contributed by atoms with Crippen molar-refractivity contribution in [3.05, 3.63) is 35.4 Å². The largest absolute Gasteiger partial charge is 0.545 e. The summed E-state index contributed by atoms with van der Waals surface area (Å²) in [6.45, 7) is 4.36. The van der Waals surface area contributed by atoms with E-state index in [1.54, 1.807) is 17.0 Å². The van der Waals surface area contributed by atoms with Crippen LogP contribution >= 0.6 is 0 Å². The van der Waals surface area contributed by atoms with E-state index in [0.717, 1.165) is 19.1 Å². The van der Waals surface area contributed by atoms with Crippen molar-refractivity contribution in [2.24, 2.45) is 0 Å². The quantitative estimate of drug-likeness (QED) is 0.851. The van der Waals surface area contributed by atoms with Gasteiger partial charge in [-0.3, -0.25) is 0 Å². The molecule has 0 saturated heterocycles. The lowest BCUT2D eigenvalue weighted by molar-refractivity contribution is -0.938. The van der Waals surface area contributed by atoms with Crippen LogP contribution in [0.5, 0.6) is 0 Å². The van der Waals surface area contributed by atoms with E-state index in [2.05, 4.69) is 6.92 Å². The van der Waals surface area contributed by atoms with Crippen LogP contribution in [-0.4, -0.2) is 18.6 Å². The number of aromatic carboxylic acids is 1. The Kier molecular flexibility index (Phi) is 4.97. The molecule has 1 saturated carbocycles. The summed E-state index contributed by atoms with van der Waals surface area (Å²) in [6.07, 6.45) is 6.77. The molecule has 1 N–H and O–H groups in total. The van der Waals surface area contributed by atoms with E-state index in [4.69, 9.17) is 0 Å². The number of benzene rings is 1. The van der Waals surface area contributed by atoms with Crippen LogP contribution in [0.25, 0.3) is 0 Å². The first-order valence-corrected chi connectivity index (χ1v) is 7.35. The Morgan fingerprint density at radius 3 is 2.37 bits per heavy atom. The summed E-state index contributed by atoms with van der Waals surface area (Å²) >= 11 is 0. The standard InChI is InChI=1S/C16H23NO2/c1-2-17(15-6-4-3-5-7-15)12-13-8-10-14(11-9-13)16(18)19/h8-11,15H,2-7,12H2,1H3,(H,18,19). The predicted octanol–water partition coefficient (Wildman–Crippen LogP) is 0.788. The lowest BCUT2D eigenvalue weighted by Crippen LogP contribution is -3.14. The number of rotatable bonds is 5. The van der Waals surface area contributed by atoms with Crippen LogP contribution in [-0.2, 0) is 6.54 Å². The number of quaternary nitrogens is 1. The Balaban J connectivity index is 1.99. The van der Waals surface area contributed by atoms with Crippen LogP contribution in [0.2, 0.25) is 0 Å². The van der Waals surface area contributed by atoms with E-state index in [1.165, 1.54) is 37.7 Å². The summed E-state index contributed by atoms with van der Waals surface area (Å²) in [5, 5.41) is 10.7. The van der Waals surface area contributed by atoms with Gasteiger partial charge in [0.15, 0.2) is 0 Å². The summed E-state index contributed by atoms with van der Waals surface area (Å²) in [7, 11) is 0. The highest BCUT2D eigenvalue weighted by atomic mass is 16.4. The Morgan fingerprint density at radius 2 is 1.84 bits per heavy atom. The average Bonchev–Trinajstić information content (AvgIpc) is 2.46. The maximum absolute atomic E-state index is 10.7. The molecule has 0 spiro atoms. The fraction of sp³-hybridized carbons (Fsp3) is 0.562. The monoisotopic (exact) mass is 261 g/mol. The van der Waals surface area contributed by atoms with Gasteiger partial charge in [0.1, 0.15) is 6.54 Å². The lowest BCUT2D eigenvalue weighted by Gasteiger charge is -2.30. The van der Waals surface area contributed by atoms with Gasteiger partial charge in [0, 0.05) is 5.56 Å². The average molecular weight is 261 g/mol. The predicted molar refractivity (Wildman–Crippen MR) is 72.9 cm³/mol. The van der Waals surface area contributed by atoms with Gasteiger partial charge in [-0.05, 0) is 38.2 Å². The molecule has 0 aromatic heterocycles. The number of hydrogen-bond donors (Lipinski definition) is 1. The second-order valence-corrected chi connectivity index (χ2v) is 5.51. The highest BCUT2D eigenvalue weighted by molar-refractivity contribution is 5.85. The molecule has 3 heteroatoms. The minimum Gasteiger partial charge on any atom is -0.545 e. The molecule has 0 aliphatic heterocycles. The van der Waals surface area contributed by atoms with Crippen molar-refractivity contribution < 1.29 is 14.8 Å². The topological polar surface area (TPSA) is 44.6 Å². The van der Waals surface area contributed by atoms with Gasteiger partial charge in [-0.15, -0.1) is 0 Å². The zero-order valence-corrected chi connectivity index (χ0v) is 11.7. The van der Waals surface area contributed by atoms with E-state index in [-0.39, 0.29) is 5.56 Å². The molecule has 1 aliphatic rings. The maximum Gasteiger partial charge on any atom is 0.103 e. The fourth-order valence-electron chi connectivity index (χ4n) is 3.09. The Hall–Kier alpha value is -1.35. The van der Waals surface area contributed by atoms with E-state index in [1.807, 2.05) is 12.1 Å². The Bertz CT molecular complexity index is 407. The Labute approximate surface area is 115 Å². The number of hydrogen-bond acceptors (Lipinski definition) is 2. The molecule has 2 rings (SSSR count). The van der Waals surface area contributed by atoms with Crippen LogP contribution in [0.1, 0.15) is 54.9 Å². The summed E-state index contributed by atoms with van der Waals surface area (Å²) < 4.78 is 0. The number of carboxylic acids is 1. The molecule has 1 fully saturated rings. The van der Waals surface area contributed by atoms with Crippen molar-refractivity contribution in [2.45, 2.75) is 51.6 Å². The molecule has 19 heavy (non-hydrogen) atoms. The molecule has 0 radical (unpaired) electrons. The number of carboxylic acid groups (broad SMARTS) is 1. The zero-order chi connectivity index (χ0) is 13.7. The van der Waals surface area contributed by atoms with Crippen molar-refractivity contribution in [1.29, 1.82) is 0 Å². The molecule has 1 aliphatic carbocycles. The Morgan fingerprint density at radius 1 is 1.21 bits per heavy atom. The first-order valence-electron chi connectivity index (χ1n) is 7.35. The van der Waals surface area contributed by atoms with Crippen molar-refractivity contribution in [1.82, 2.24) is 0 Å². The smallest absolute Gasteiger partial charge is 0.103 e. The highest BCUT2D eigenvalue weighted by Crippen LogP contribution is 2.15. The van der Waals surface area contributed by atoms with Crippen LogP contribution in [0, 0.1) is 0 Å². The van der Waals surface area contributed by atoms with Crippen molar-refractivity contribution in [3.63, 3.8) is 0 Å². The molecule has 0 heterocycles. The van der Waals surface area contributed by atoms with E-state index in [0.29, 0.717) is 0 Å². The molecule has 1 atom stereocenters. The van der Waals surface area contributed by atoms with E-state index in [9.17, 15) is 9.90 Å². The summed E-state index contributed by atoms with van der Waals surface area (Å²) in [6, 6.07) is 7.92. The molecule has 1 aromatic carbocycles. The van der Waals surface area contributed by atoms with Crippen LogP contribution in [0.15, 0.2) is 24.3 Å². The van der Waals surface area contributed by atoms with Gasteiger partial charge in [-0.2, -0.15) is 0 Å². The molecular weight excluding hydrogens is 238 g/mol. The van der Waals surface area contributed by atoms with Gasteiger partial charge in [-0.25, -0.2) is 0 Å². The third kappa shape index (κ3) is 3.80. The third-order valence-electron chi connectivity index (χ3n) is 4.26. The first kappa shape index (κ1) is 14.1. The van der Waals surface area contributed by atoms with E-state index < -0.39 is 5.97 Å². The zero-order valence-electron chi connectivity index (χ0n) is 11.7. The molecular formula is C16H23NO2. The minimum absolute atomic E-state index is 0.263.